The topological polar surface area (TPSA) is 251 Å². The van der Waals surface area contributed by atoms with Gasteiger partial charge in [-0.25, -0.2) is 26.3 Å². The summed E-state index contributed by atoms with van der Waals surface area (Å²) in [5, 5.41) is 42.8. The molecule has 92 heavy (non-hydrogen) atoms. The number of allylic oxidation sites excluding steroid dienone is 2. The SMILES string of the molecule is COC[C@@H](O)C[C@@H]1[C@@H](C)C/C=C/[C@H](O)[C@@H]2CC[C@H]2CN2C[C@@]3(CCCc4cc(Cl)ccc43)COc3ccc(cc32)C(=O)NS1(=O)=O.COC[C@@H](O)C[C@H]1[C@@H](C)C/C=C/[C@H](O)[C@@H]2CC[C@H]2CN2C[C@@]3(CCCc4cc(Cl)ccc43)COc3ccc(cc32)C(=O)NS1(=O)=O. The molecule has 8 aliphatic rings. The molecule has 4 aliphatic carbocycles. The number of methoxy groups -OCH3 is 2. The third-order valence-electron chi connectivity index (χ3n) is 21.3. The number of sulfonamides is 2. The number of ether oxygens (including phenoxy) is 4. The van der Waals surface area contributed by atoms with Crippen LogP contribution < -0.4 is 28.7 Å². The summed E-state index contributed by atoms with van der Waals surface area (Å²) in [5.74, 6) is -0.448. The zero-order chi connectivity index (χ0) is 65.3. The Bertz CT molecular complexity index is 3400. The fourth-order valence-corrected chi connectivity index (χ4v) is 19.8. The van der Waals surface area contributed by atoms with Gasteiger partial charge in [-0.2, -0.15) is 0 Å². The van der Waals surface area contributed by atoms with E-state index >= 15 is 0 Å². The van der Waals surface area contributed by atoms with E-state index in [-0.39, 0.29) is 71.7 Å². The molecular weight excluding hydrogens is 1260 g/mol. The van der Waals surface area contributed by atoms with Crippen LogP contribution in [0.3, 0.4) is 0 Å². The van der Waals surface area contributed by atoms with Crippen molar-refractivity contribution in [2.75, 3.05) is 76.6 Å². The molecule has 6 N–H and O–H groups in total. The second-order valence-electron chi connectivity index (χ2n) is 27.6. The van der Waals surface area contributed by atoms with E-state index in [0.29, 0.717) is 73.8 Å². The van der Waals surface area contributed by atoms with Gasteiger partial charge < -0.3 is 49.2 Å². The third-order valence-corrected chi connectivity index (χ3v) is 25.6. The Morgan fingerprint density at radius 2 is 1.02 bits per heavy atom. The van der Waals surface area contributed by atoms with E-state index in [4.69, 9.17) is 42.1 Å². The first kappa shape index (κ1) is 68.1. The molecule has 18 nitrogen and oxygen atoms in total. The Balaban J connectivity index is 0.000000188. The fourth-order valence-electron chi connectivity index (χ4n) is 16.0. The number of aliphatic hydroxyl groups is 4. The van der Waals surface area contributed by atoms with Crippen molar-refractivity contribution in [3.63, 3.8) is 0 Å². The van der Waals surface area contributed by atoms with Gasteiger partial charge in [0.15, 0.2) is 0 Å². The summed E-state index contributed by atoms with van der Waals surface area (Å²) in [5.41, 5.74) is 6.24. The molecule has 4 aromatic rings. The normalized spacial score (nSPS) is 32.2. The summed E-state index contributed by atoms with van der Waals surface area (Å²) in [7, 11) is -5.52. The lowest BCUT2D eigenvalue weighted by Gasteiger charge is -2.45. The van der Waals surface area contributed by atoms with E-state index in [9.17, 15) is 46.9 Å². The average Bonchev–Trinajstić information content (AvgIpc) is 1.49. The van der Waals surface area contributed by atoms with Gasteiger partial charge in [-0.3, -0.25) is 9.59 Å². The second-order valence-corrected chi connectivity index (χ2v) is 32.2. The average molecular weight is 1350 g/mol. The summed E-state index contributed by atoms with van der Waals surface area (Å²) in [6.07, 6.45) is 14.0. The van der Waals surface area contributed by atoms with Crippen LogP contribution in [0.4, 0.5) is 11.4 Å². The third kappa shape index (κ3) is 14.7. The van der Waals surface area contributed by atoms with Crippen molar-refractivity contribution in [3.8, 4) is 11.5 Å². The monoisotopic (exact) mass is 1340 g/mol. The van der Waals surface area contributed by atoms with Crippen LogP contribution >= 0.6 is 23.2 Å². The number of amides is 2. The fraction of sp³-hybridized carbons (Fsp3) is 0.571. The Labute approximate surface area is 552 Å². The Morgan fingerprint density at radius 1 is 0.609 bits per heavy atom. The quantitative estimate of drug-likeness (QED) is 0.0899. The predicted molar refractivity (Wildman–Crippen MR) is 356 cm³/mol. The van der Waals surface area contributed by atoms with Crippen molar-refractivity contribution in [1.82, 2.24) is 9.44 Å². The maximum Gasteiger partial charge on any atom is 0.264 e. The molecule has 2 fully saturated rings. The van der Waals surface area contributed by atoms with E-state index in [1.807, 2.05) is 24.3 Å². The van der Waals surface area contributed by atoms with Crippen LogP contribution in [0.1, 0.15) is 134 Å². The van der Waals surface area contributed by atoms with Gasteiger partial charge in [0.25, 0.3) is 11.8 Å². The summed E-state index contributed by atoms with van der Waals surface area (Å²) in [4.78, 5) is 31.8. The molecule has 14 atom stereocenters. The number of hydrogen-bond acceptors (Lipinski definition) is 16. The number of aryl methyl sites for hydroxylation is 2. The minimum absolute atomic E-state index is 0.0238. The number of anilines is 2. The molecule has 22 heteroatoms. The van der Waals surface area contributed by atoms with E-state index in [1.165, 1.54) is 36.5 Å². The number of nitrogens with zero attached hydrogens (tertiary/aromatic N) is 2. The first-order valence-electron chi connectivity index (χ1n) is 32.8. The molecule has 2 amide bonds. The Morgan fingerprint density at radius 3 is 1.40 bits per heavy atom. The first-order chi connectivity index (χ1) is 44.0. The molecular formula is C70H90Cl2N4O14S2. The maximum absolute atomic E-state index is 13.7. The van der Waals surface area contributed by atoms with Crippen molar-refractivity contribution in [3.05, 3.63) is 141 Å². The van der Waals surface area contributed by atoms with Crippen molar-refractivity contribution in [2.24, 2.45) is 35.5 Å². The molecule has 0 radical (unpaired) electrons. The van der Waals surface area contributed by atoms with Gasteiger partial charge in [0.1, 0.15) is 11.5 Å². The summed E-state index contributed by atoms with van der Waals surface area (Å²) in [6, 6.07) is 22.4. The number of hydrogen-bond donors (Lipinski definition) is 6. The van der Waals surface area contributed by atoms with Gasteiger partial charge in [-0.05, 0) is 208 Å². The van der Waals surface area contributed by atoms with Gasteiger partial charge in [0, 0.05) is 72.4 Å². The van der Waals surface area contributed by atoms with Gasteiger partial charge in [-0.1, -0.05) is 73.5 Å². The van der Waals surface area contributed by atoms with E-state index in [1.54, 1.807) is 62.4 Å². The number of fused-ring (bicyclic) bond motifs is 8. The summed E-state index contributed by atoms with van der Waals surface area (Å²) >= 11 is 12.8. The molecule has 12 rings (SSSR count). The van der Waals surface area contributed by atoms with Crippen LogP contribution in [0, 0.1) is 35.5 Å². The number of rotatable bonds is 8. The van der Waals surface area contributed by atoms with Gasteiger partial charge in [0.05, 0.1) is 72.7 Å². The van der Waals surface area contributed by atoms with Crippen LogP contribution in [0.15, 0.2) is 97.1 Å². The van der Waals surface area contributed by atoms with Crippen molar-refractivity contribution >= 4 is 66.4 Å². The van der Waals surface area contributed by atoms with Crippen LogP contribution in [0.5, 0.6) is 11.5 Å². The lowest BCUT2D eigenvalue weighted by molar-refractivity contribution is 0.0453. The highest BCUT2D eigenvalue weighted by molar-refractivity contribution is 7.91. The predicted octanol–water partition coefficient (Wildman–Crippen LogP) is 9.24. The molecule has 4 aromatic carbocycles. The van der Waals surface area contributed by atoms with E-state index in [0.717, 1.165) is 75.6 Å². The Kier molecular flexibility index (Phi) is 21.2. The zero-order valence-electron chi connectivity index (χ0n) is 53.1. The van der Waals surface area contributed by atoms with Gasteiger partial charge >= 0.3 is 0 Å². The summed E-state index contributed by atoms with van der Waals surface area (Å²) < 4.78 is 82.7. The lowest BCUT2D eigenvalue weighted by atomic mass is 9.68. The van der Waals surface area contributed by atoms with Crippen molar-refractivity contribution in [1.29, 1.82) is 0 Å². The maximum atomic E-state index is 13.7. The highest BCUT2D eigenvalue weighted by Gasteiger charge is 2.47. The molecule has 2 spiro atoms. The number of benzene rings is 4. The van der Waals surface area contributed by atoms with Crippen LogP contribution in [0.25, 0.3) is 0 Å². The van der Waals surface area contributed by atoms with Crippen LogP contribution in [-0.2, 0) is 53.2 Å². The molecule has 500 valence electrons. The van der Waals surface area contributed by atoms with Crippen molar-refractivity contribution in [2.45, 2.75) is 149 Å². The van der Waals surface area contributed by atoms with Crippen LogP contribution in [-0.4, -0.2) is 151 Å². The summed E-state index contributed by atoms with van der Waals surface area (Å²) in [6.45, 7) is 7.12. The highest BCUT2D eigenvalue weighted by atomic mass is 35.5. The molecule has 0 saturated heterocycles. The number of carbonyl (C=O) groups is 2. The van der Waals surface area contributed by atoms with Gasteiger partial charge in [-0.15, -0.1) is 0 Å². The molecule has 4 aliphatic heterocycles. The van der Waals surface area contributed by atoms with Crippen LogP contribution in [0.2, 0.25) is 10.0 Å². The second kappa shape index (κ2) is 28.6. The first-order valence-corrected chi connectivity index (χ1v) is 36.6. The van der Waals surface area contributed by atoms with E-state index < -0.39 is 78.6 Å². The Hall–Kier alpha value is -5.26. The number of halogens is 2. The zero-order valence-corrected chi connectivity index (χ0v) is 56.2. The van der Waals surface area contributed by atoms with Crippen molar-refractivity contribution < 1.29 is 65.8 Å². The largest absolute Gasteiger partial charge is 0.490 e. The molecule has 4 heterocycles. The minimum Gasteiger partial charge on any atom is -0.490 e. The number of nitrogens with one attached hydrogen (secondary N) is 2. The molecule has 4 bridgehead atoms. The number of carbonyl (C=O) groups excluding carboxylic acids is 2. The highest BCUT2D eigenvalue weighted by Crippen LogP contribution is 2.49. The van der Waals surface area contributed by atoms with E-state index in [2.05, 4.69) is 43.5 Å². The molecule has 2 saturated carbocycles. The number of aliphatic hydroxyl groups excluding tert-OH is 4. The molecule has 0 aromatic heterocycles. The minimum atomic E-state index is -4.20. The van der Waals surface area contributed by atoms with Gasteiger partial charge in [0.2, 0.25) is 20.0 Å². The smallest absolute Gasteiger partial charge is 0.264 e. The standard InChI is InChI=1S/2C35H45ClN2O7S/c2*1-22-5-3-7-31(40)28-11-8-25(28)18-38-20-35(14-4-6-23-15-26(36)10-12-29(23)35)21-45-32-13-9-24(16-30(32)38)34(41)37-46(42,43)33(22)17-27(39)19-44-2/h2*3,7,9-10,12-13,15-16,22,25,27-28,31,33,39-40H,4-6,8,11,14,17-21H2,1-2H3,(H,37,41)/b2*7-3+/t22-,25-,27-,28+,31-,33+,35-;22-,25-,27-,28+,31-,33-,35-/m00/s1. The molecule has 0 unspecified atom stereocenters. The lowest BCUT2D eigenvalue weighted by Crippen LogP contribution is -2.49.